The second-order valence-electron chi connectivity index (χ2n) is 22.7. The second kappa shape index (κ2) is 11.9. The molecule has 306 valence electrons. The summed E-state index contributed by atoms with van der Waals surface area (Å²) in [5, 5.41) is 7.98. The maximum absolute atomic E-state index is 2.71. The van der Waals surface area contributed by atoms with Gasteiger partial charge in [0.1, 0.15) is 0 Å². The quantitative estimate of drug-likeness (QED) is 0.147. The minimum absolute atomic E-state index is 0.0105. The van der Waals surface area contributed by atoms with Crippen molar-refractivity contribution in [3.8, 4) is 17.1 Å². The molecule has 62 heavy (non-hydrogen) atoms. The molecule has 4 heteroatoms. The molecule has 12 rings (SSSR count). The molecule has 0 bridgehead atoms. The Bertz CT molecular complexity index is 3600. The Labute approximate surface area is 366 Å². The average Bonchev–Trinajstić information content (AvgIpc) is 3.85. The maximum Gasteiger partial charge on any atom is 0.252 e. The zero-order valence-corrected chi connectivity index (χ0v) is 38.5. The van der Waals surface area contributed by atoms with E-state index >= 15 is 0 Å². The minimum Gasteiger partial charge on any atom is -0.310 e. The Hall–Kier alpha value is -6.00. The molecule has 0 aliphatic carbocycles. The lowest BCUT2D eigenvalue weighted by molar-refractivity contribution is 0.590. The van der Waals surface area contributed by atoms with Crippen LogP contribution in [0.15, 0.2) is 121 Å². The van der Waals surface area contributed by atoms with Crippen molar-refractivity contribution in [2.45, 2.75) is 105 Å². The highest BCUT2D eigenvalue weighted by Gasteiger charge is 2.44. The van der Waals surface area contributed by atoms with Crippen molar-refractivity contribution in [1.82, 2.24) is 13.7 Å². The predicted molar refractivity (Wildman–Crippen MR) is 269 cm³/mol. The number of fused-ring (bicyclic) bond motifs is 14. The van der Waals surface area contributed by atoms with Crippen molar-refractivity contribution in [2.24, 2.45) is 0 Å². The average molecular weight is 806 g/mol. The van der Waals surface area contributed by atoms with E-state index in [4.69, 9.17) is 0 Å². The van der Waals surface area contributed by atoms with Gasteiger partial charge in [0.05, 0.1) is 27.8 Å². The molecule has 0 amide bonds. The summed E-state index contributed by atoms with van der Waals surface area (Å²) in [7, 11) is 0. The molecule has 0 spiro atoms. The summed E-state index contributed by atoms with van der Waals surface area (Å²) in [6.45, 7) is 28.4. The monoisotopic (exact) mass is 805 g/mol. The van der Waals surface area contributed by atoms with Crippen LogP contribution in [-0.4, -0.2) is 20.4 Å². The number of para-hydroxylation sites is 2. The predicted octanol–water partition coefficient (Wildman–Crippen LogP) is 13.3. The first-order valence-electron chi connectivity index (χ1n) is 22.7. The van der Waals surface area contributed by atoms with E-state index in [1.54, 1.807) is 0 Å². The fourth-order valence-corrected chi connectivity index (χ4v) is 11.2. The van der Waals surface area contributed by atoms with E-state index in [0.29, 0.717) is 0 Å². The van der Waals surface area contributed by atoms with Gasteiger partial charge in [-0.15, -0.1) is 0 Å². The summed E-state index contributed by atoms with van der Waals surface area (Å²) in [4.78, 5) is 0. The fraction of sp³-hybridized carbons (Fsp3) is 0.276. The first-order valence-corrected chi connectivity index (χ1v) is 22.7. The number of nitrogens with zero attached hydrogens (tertiary/aromatic N) is 3. The number of benzene rings is 7. The number of rotatable bonds is 1. The van der Waals surface area contributed by atoms with E-state index in [1.165, 1.54) is 121 Å². The highest BCUT2D eigenvalue weighted by molar-refractivity contribution is 7.00. The van der Waals surface area contributed by atoms with Crippen LogP contribution in [0.3, 0.4) is 0 Å². The normalized spacial score (nSPS) is 14.1. The third-order valence-electron chi connectivity index (χ3n) is 14.6. The Balaban J connectivity index is 1.38. The van der Waals surface area contributed by atoms with Crippen molar-refractivity contribution in [1.29, 1.82) is 0 Å². The van der Waals surface area contributed by atoms with Crippen LogP contribution in [-0.2, 0) is 21.7 Å². The van der Waals surface area contributed by atoms with Gasteiger partial charge in [0.2, 0.25) is 0 Å². The summed E-state index contributed by atoms with van der Waals surface area (Å²) < 4.78 is 7.89. The minimum atomic E-state index is -0.0492. The van der Waals surface area contributed by atoms with Gasteiger partial charge in [-0.2, -0.15) is 0 Å². The Morgan fingerprint density at radius 1 is 0.371 bits per heavy atom. The van der Waals surface area contributed by atoms with Crippen LogP contribution in [0.1, 0.15) is 105 Å². The lowest BCUT2D eigenvalue weighted by Crippen LogP contribution is -2.59. The molecule has 0 saturated carbocycles. The molecule has 0 fully saturated rings. The van der Waals surface area contributed by atoms with Crippen molar-refractivity contribution >= 4 is 88.5 Å². The smallest absolute Gasteiger partial charge is 0.252 e. The number of aromatic nitrogens is 3. The van der Waals surface area contributed by atoms with Gasteiger partial charge in [-0.3, -0.25) is 0 Å². The standard InChI is InChI=1S/C58H56BN3/c1-55(2,3)33-22-24-46-39(26-33)41-28-35(57(7,8)9)30-43-52(41)61(46)49-32-48-50(38-20-16-17-21-45(38)60(48)37-18-14-13-15-19-37)54-51(49)59(43)44-31-36(58(10,11)12)29-42-40-27-34(56(4,5)6)23-25-47(40)62(54)53(42)44/h13-32H,1-12H3. The van der Waals surface area contributed by atoms with E-state index in [2.05, 4.69) is 218 Å². The molecule has 0 radical (unpaired) electrons. The number of hydrogen-bond acceptors (Lipinski definition) is 0. The third-order valence-corrected chi connectivity index (χ3v) is 14.6. The Morgan fingerprint density at radius 2 is 0.839 bits per heavy atom. The van der Waals surface area contributed by atoms with E-state index in [9.17, 15) is 0 Å². The first kappa shape index (κ1) is 37.7. The molecular formula is C58H56BN3. The molecule has 2 aliphatic heterocycles. The van der Waals surface area contributed by atoms with Gasteiger partial charge < -0.3 is 13.7 Å². The van der Waals surface area contributed by atoms with Crippen LogP contribution in [0.4, 0.5) is 0 Å². The third kappa shape index (κ3) is 4.95. The zero-order chi connectivity index (χ0) is 43.2. The summed E-state index contributed by atoms with van der Waals surface area (Å²) >= 11 is 0. The molecule has 10 aromatic rings. The SMILES string of the molecule is CC(C)(C)c1ccc2c(c1)c1cc(C(C)(C)C)cc3c1n2-c1cc2c(c4c1B3c1cc(C(C)(C)C)cc3c5cc(C(C)(C)C)ccc5n-4c13)c1ccccc1n2-c1ccccc1. The van der Waals surface area contributed by atoms with Crippen molar-refractivity contribution in [2.75, 3.05) is 0 Å². The van der Waals surface area contributed by atoms with Crippen LogP contribution in [0.5, 0.6) is 0 Å². The Kier molecular flexibility index (Phi) is 7.26. The lowest BCUT2D eigenvalue weighted by Gasteiger charge is -2.36. The van der Waals surface area contributed by atoms with Crippen LogP contribution < -0.4 is 16.4 Å². The topological polar surface area (TPSA) is 14.8 Å². The molecule has 5 heterocycles. The second-order valence-corrected chi connectivity index (χ2v) is 22.7. The van der Waals surface area contributed by atoms with E-state index in [1.807, 2.05) is 0 Å². The fourth-order valence-electron chi connectivity index (χ4n) is 11.2. The van der Waals surface area contributed by atoms with Gasteiger partial charge >= 0.3 is 0 Å². The van der Waals surface area contributed by atoms with Gasteiger partial charge in [-0.1, -0.05) is 144 Å². The largest absolute Gasteiger partial charge is 0.310 e. The first-order chi connectivity index (χ1) is 29.3. The number of hydrogen-bond donors (Lipinski definition) is 0. The summed E-state index contributed by atoms with van der Waals surface area (Å²) in [5.74, 6) is 0. The van der Waals surface area contributed by atoms with Crippen LogP contribution in [0, 0.1) is 0 Å². The van der Waals surface area contributed by atoms with E-state index in [0.717, 1.165) is 0 Å². The molecule has 0 unspecified atom stereocenters. The molecule has 3 nitrogen and oxygen atoms in total. The van der Waals surface area contributed by atoms with E-state index in [-0.39, 0.29) is 28.4 Å². The van der Waals surface area contributed by atoms with Gasteiger partial charge in [-0.25, -0.2) is 0 Å². The van der Waals surface area contributed by atoms with Crippen LogP contribution in [0.2, 0.25) is 0 Å². The van der Waals surface area contributed by atoms with Crippen LogP contribution >= 0.6 is 0 Å². The lowest BCUT2D eigenvalue weighted by atomic mass is 9.33. The summed E-state index contributed by atoms with van der Waals surface area (Å²) in [6.07, 6.45) is 0. The van der Waals surface area contributed by atoms with Crippen molar-refractivity contribution < 1.29 is 0 Å². The summed E-state index contributed by atoms with van der Waals surface area (Å²) in [5.41, 5.74) is 21.1. The van der Waals surface area contributed by atoms with E-state index < -0.39 is 0 Å². The highest BCUT2D eigenvalue weighted by atomic mass is 15.1. The molecule has 0 saturated heterocycles. The maximum atomic E-state index is 2.71. The molecule has 7 aromatic carbocycles. The molecule has 0 N–H and O–H groups in total. The van der Waals surface area contributed by atoms with Crippen LogP contribution in [0.25, 0.3) is 82.5 Å². The molecule has 2 aliphatic rings. The van der Waals surface area contributed by atoms with Gasteiger partial charge in [0.25, 0.3) is 6.71 Å². The van der Waals surface area contributed by atoms with Gasteiger partial charge in [-0.05, 0) is 121 Å². The molecule has 3 aromatic heterocycles. The highest BCUT2D eigenvalue weighted by Crippen LogP contribution is 2.47. The Morgan fingerprint density at radius 3 is 1.39 bits per heavy atom. The molecular weight excluding hydrogens is 749 g/mol. The van der Waals surface area contributed by atoms with Gasteiger partial charge in [0, 0.05) is 54.7 Å². The van der Waals surface area contributed by atoms with Crippen molar-refractivity contribution in [3.05, 3.63) is 144 Å². The van der Waals surface area contributed by atoms with Gasteiger partial charge in [0.15, 0.2) is 0 Å². The van der Waals surface area contributed by atoms with Crippen molar-refractivity contribution in [3.63, 3.8) is 0 Å². The zero-order valence-electron chi connectivity index (χ0n) is 38.5. The molecule has 0 atom stereocenters. The summed E-state index contributed by atoms with van der Waals surface area (Å²) in [6, 6.07) is 47.6.